The summed E-state index contributed by atoms with van der Waals surface area (Å²) in [6.07, 6.45) is 4.80. The molecule has 1 aromatic rings. The van der Waals surface area contributed by atoms with Gasteiger partial charge >= 0.3 is 0 Å². The summed E-state index contributed by atoms with van der Waals surface area (Å²) in [7, 11) is 0. The van der Waals surface area contributed by atoms with Crippen molar-refractivity contribution in [2.24, 2.45) is 5.92 Å². The normalized spacial score (nSPS) is 16.6. The molecule has 0 amide bonds. The Hall–Kier alpha value is -1.49. The Kier molecular flexibility index (Phi) is 3.91. The van der Waals surface area contributed by atoms with E-state index in [-0.39, 0.29) is 10.6 Å². The predicted octanol–water partition coefficient (Wildman–Crippen LogP) is 2.23. The molecule has 1 unspecified atom stereocenters. The van der Waals surface area contributed by atoms with Gasteiger partial charge in [-0.3, -0.25) is 15.1 Å². The molecule has 1 heterocycles. The third kappa shape index (κ3) is 3.04. The maximum absolute atomic E-state index is 10.7. The van der Waals surface area contributed by atoms with Crippen LogP contribution in [0.15, 0.2) is 12.3 Å². The molecule has 1 fully saturated rings. The van der Waals surface area contributed by atoms with Crippen LogP contribution in [-0.4, -0.2) is 22.5 Å². The van der Waals surface area contributed by atoms with Crippen molar-refractivity contribution >= 4 is 5.69 Å². The van der Waals surface area contributed by atoms with Crippen molar-refractivity contribution in [3.8, 4) is 0 Å². The van der Waals surface area contributed by atoms with Crippen LogP contribution in [0.1, 0.15) is 31.0 Å². The van der Waals surface area contributed by atoms with Crippen LogP contribution in [0, 0.1) is 23.0 Å². The molecule has 18 heavy (non-hydrogen) atoms. The van der Waals surface area contributed by atoms with Gasteiger partial charge in [0.1, 0.15) is 6.20 Å². The number of rotatable bonds is 6. The minimum atomic E-state index is -0.380. The second kappa shape index (κ2) is 5.44. The van der Waals surface area contributed by atoms with E-state index in [1.807, 2.05) is 6.07 Å². The molecule has 1 N–H and O–H groups in total. The third-order valence-electron chi connectivity index (χ3n) is 3.42. The van der Waals surface area contributed by atoms with Crippen LogP contribution in [0.4, 0.5) is 5.69 Å². The first-order valence-corrected chi connectivity index (χ1v) is 6.45. The Balaban J connectivity index is 2.08. The Bertz CT molecular complexity index is 444. The van der Waals surface area contributed by atoms with Crippen LogP contribution < -0.4 is 5.32 Å². The maximum atomic E-state index is 10.7. The Morgan fingerprint density at radius 2 is 2.33 bits per heavy atom. The van der Waals surface area contributed by atoms with E-state index >= 15 is 0 Å². The second-order valence-corrected chi connectivity index (χ2v) is 4.92. The number of aryl methyl sites for hydroxylation is 1. The van der Waals surface area contributed by atoms with E-state index in [2.05, 4.69) is 17.2 Å². The highest BCUT2D eigenvalue weighted by Crippen LogP contribution is 2.34. The Morgan fingerprint density at radius 1 is 1.61 bits per heavy atom. The topological polar surface area (TPSA) is 68.1 Å². The zero-order valence-corrected chi connectivity index (χ0v) is 10.8. The minimum absolute atomic E-state index is 0.102. The van der Waals surface area contributed by atoms with Gasteiger partial charge in [-0.15, -0.1) is 0 Å². The Labute approximate surface area is 107 Å². The zero-order chi connectivity index (χ0) is 13.1. The minimum Gasteiger partial charge on any atom is -0.314 e. The van der Waals surface area contributed by atoms with E-state index < -0.39 is 0 Å². The molecule has 1 aliphatic rings. The van der Waals surface area contributed by atoms with Crippen LogP contribution in [0.5, 0.6) is 0 Å². The van der Waals surface area contributed by atoms with E-state index in [1.54, 1.807) is 6.92 Å². The standard InChI is InChI=1S/C13H19N3O2/c1-3-14-12(10-4-5-10)7-11-6-9(2)13(8-15-11)16(17)18/h6,8,10,12,14H,3-5,7H2,1-2H3. The fraction of sp³-hybridized carbons (Fsp3) is 0.615. The van der Waals surface area contributed by atoms with Gasteiger partial charge in [-0.05, 0) is 38.3 Å². The lowest BCUT2D eigenvalue weighted by atomic mass is 10.0. The summed E-state index contributed by atoms with van der Waals surface area (Å²) < 4.78 is 0. The molecule has 98 valence electrons. The van der Waals surface area contributed by atoms with E-state index in [4.69, 9.17) is 0 Å². The van der Waals surface area contributed by atoms with Crippen molar-refractivity contribution in [3.05, 3.63) is 33.6 Å². The monoisotopic (exact) mass is 249 g/mol. The highest BCUT2D eigenvalue weighted by atomic mass is 16.6. The van der Waals surface area contributed by atoms with E-state index in [9.17, 15) is 10.1 Å². The third-order valence-corrected chi connectivity index (χ3v) is 3.42. The highest BCUT2D eigenvalue weighted by molar-refractivity contribution is 5.37. The molecule has 0 aliphatic heterocycles. The predicted molar refractivity (Wildman–Crippen MR) is 69.5 cm³/mol. The van der Waals surface area contributed by atoms with Crippen molar-refractivity contribution in [1.82, 2.24) is 10.3 Å². The fourth-order valence-electron chi connectivity index (χ4n) is 2.30. The first kappa shape index (κ1) is 13.0. The average Bonchev–Trinajstić information content (AvgIpc) is 3.11. The number of nitro groups is 1. The molecule has 0 spiro atoms. The molecular weight excluding hydrogens is 230 g/mol. The van der Waals surface area contributed by atoms with Gasteiger partial charge in [0.15, 0.2) is 0 Å². The van der Waals surface area contributed by atoms with Crippen molar-refractivity contribution in [2.45, 2.75) is 39.2 Å². The average molecular weight is 249 g/mol. The van der Waals surface area contributed by atoms with Gasteiger partial charge in [0, 0.05) is 23.7 Å². The number of hydrogen-bond donors (Lipinski definition) is 1. The molecule has 0 radical (unpaired) electrons. The van der Waals surface area contributed by atoms with Crippen LogP contribution in [0.2, 0.25) is 0 Å². The summed E-state index contributed by atoms with van der Waals surface area (Å²) in [4.78, 5) is 14.6. The molecule has 1 saturated carbocycles. The van der Waals surface area contributed by atoms with Gasteiger partial charge in [0.2, 0.25) is 0 Å². The van der Waals surface area contributed by atoms with E-state index in [0.717, 1.165) is 24.6 Å². The molecule has 5 nitrogen and oxygen atoms in total. The molecule has 0 bridgehead atoms. The van der Waals surface area contributed by atoms with Gasteiger partial charge in [0.25, 0.3) is 5.69 Å². The molecular formula is C13H19N3O2. The van der Waals surface area contributed by atoms with Crippen molar-refractivity contribution in [1.29, 1.82) is 0 Å². The number of nitrogens with zero attached hydrogens (tertiary/aromatic N) is 2. The van der Waals surface area contributed by atoms with Gasteiger partial charge < -0.3 is 5.32 Å². The summed E-state index contributed by atoms with van der Waals surface area (Å²) in [6, 6.07) is 2.30. The van der Waals surface area contributed by atoms with Gasteiger partial charge in [-0.1, -0.05) is 6.92 Å². The lowest BCUT2D eigenvalue weighted by molar-refractivity contribution is -0.385. The number of aromatic nitrogens is 1. The summed E-state index contributed by atoms with van der Waals surface area (Å²) in [6.45, 7) is 4.82. The van der Waals surface area contributed by atoms with Crippen molar-refractivity contribution < 1.29 is 4.92 Å². The quantitative estimate of drug-likeness (QED) is 0.620. The lowest BCUT2D eigenvalue weighted by Gasteiger charge is -2.16. The summed E-state index contributed by atoms with van der Waals surface area (Å²) in [5.41, 5.74) is 1.73. The van der Waals surface area contributed by atoms with Gasteiger partial charge in [-0.25, -0.2) is 0 Å². The van der Waals surface area contributed by atoms with Crippen LogP contribution in [-0.2, 0) is 6.42 Å². The highest BCUT2D eigenvalue weighted by Gasteiger charge is 2.31. The maximum Gasteiger partial charge on any atom is 0.290 e. The fourth-order valence-corrected chi connectivity index (χ4v) is 2.30. The lowest BCUT2D eigenvalue weighted by Crippen LogP contribution is -2.33. The first-order chi connectivity index (χ1) is 8.61. The molecule has 1 atom stereocenters. The molecule has 0 saturated heterocycles. The molecule has 5 heteroatoms. The number of nitrogens with one attached hydrogen (secondary N) is 1. The first-order valence-electron chi connectivity index (χ1n) is 6.45. The smallest absolute Gasteiger partial charge is 0.290 e. The largest absolute Gasteiger partial charge is 0.314 e. The van der Waals surface area contributed by atoms with Crippen LogP contribution in [0.25, 0.3) is 0 Å². The summed E-state index contributed by atoms with van der Waals surface area (Å²) >= 11 is 0. The van der Waals surface area contributed by atoms with E-state index in [1.165, 1.54) is 19.0 Å². The van der Waals surface area contributed by atoms with Gasteiger partial charge in [-0.2, -0.15) is 0 Å². The molecule has 2 rings (SSSR count). The zero-order valence-electron chi connectivity index (χ0n) is 10.8. The Morgan fingerprint density at radius 3 is 2.83 bits per heavy atom. The van der Waals surface area contributed by atoms with Crippen molar-refractivity contribution in [2.75, 3.05) is 6.54 Å². The van der Waals surface area contributed by atoms with Crippen molar-refractivity contribution in [3.63, 3.8) is 0 Å². The SMILES string of the molecule is CCNC(Cc1cc(C)c([N+](=O)[O-])cn1)C1CC1. The van der Waals surface area contributed by atoms with Crippen LogP contribution >= 0.6 is 0 Å². The molecule has 1 aliphatic carbocycles. The number of pyridine rings is 1. The second-order valence-electron chi connectivity index (χ2n) is 4.92. The summed E-state index contributed by atoms with van der Waals surface area (Å²) in [5.74, 6) is 0.752. The molecule has 0 aromatic carbocycles. The van der Waals surface area contributed by atoms with Crippen LogP contribution in [0.3, 0.4) is 0 Å². The number of hydrogen-bond acceptors (Lipinski definition) is 4. The number of likely N-dealkylation sites (N-methyl/N-ethyl adjacent to an activating group) is 1. The van der Waals surface area contributed by atoms with Gasteiger partial charge in [0.05, 0.1) is 4.92 Å². The molecule has 1 aromatic heterocycles. The summed E-state index contributed by atoms with van der Waals surface area (Å²) in [5, 5.41) is 14.2. The van der Waals surface area contributed by atoms with E-state index in [0.29, 0.717) is 11.6 Å².